The van der Waals surface area contributed by atoms with Crippen molar-refractivity contribution in [1.29, 1.82) is 0 Å². The number of aromatic hydroxyl groups is 1. The van der Waals surface area contributed by atoms with Crippen LogP contribution >= 0.6 is 0 Å². The normalized spacial score (nSPS) is 22.1. The van der Waals surface area contributed by atoms with Gasteiger partial charge in [-0.15, -0.1) is 0 Å². The molecular formula is C53H59NO9. The van der Waals surface area contributed by atoms with Crippen LogP contribution in [0.15, 0.2) is 78.6 Å². The van der Waals surface area contributed by atoms with Crippen molar-refractivity contribution in [1.82, 2.24) is 0 Å². The molecule has 5 aliphatic rings. The van der Waals surface area contributed by atoms with E-state index in [0.717, 1.165) is 64.4 Å². The molecule has 0 radical (unpaired) electrons. The van der Waals surface area contributed by atoms with E-state index in [9.17, 15) is 30.3 Å². The van der Waals surface area contributed by atoms with Gasteiger partial charge in [-0.3, -0.25) is 4.79 Å². The Kier molecular flexibility index (Phi) is 13.5. The summed E-state index contributed by atoms with van der Waals surface area (Å²) in [6, 6.07) is 15.8. The number of rotatable bonds is 12. The van der Waals surface area contributed by atoms with Crippen LogP contribution in [-0.4, -0.2) is 57.2 Å². The highest BCUT2D eigenvalue weighted by atomic mass is 16.5. The minimum atomic E-state index is -1.79. The molecule has 10 nitrogen and oxygen atoms in total. The van der Waals surface area contributed by atoms with Crippen molar-refractivity contribution < 1.29 is 44.5 Å². The third kappa shape index (κ3) is 9.77. The number of carbonyl (C=O) groups excluding carboxylic acids is 1. The highest BCUT2D eigenvalue weighted by Gasteiger charge is 2.35. The molecule has 0 fully saturated rings. The number of hydrogen-bond donors (Lipinski definition) is 6. The van der Waals surface area contributed by atoms with E-state index in [-0.39, 0.29) is 54.5 Å². The third-order valence-electron chi connectivity index (χ3n) is 13.2. The second-order valence-electron chi connectivity index (χ2n) is 17.7. The van der Waals surface area contributed by atoms with Crippen molar-refractivity contribution in [3.05, 3.63) is 123 Å². The summed E-state index contributed by atoms with van der Waals surface area (Å²) < 4.78 is 18.6. The molecule has 2 heterocycles. The molecule has 0 aromatic heterocycles. The Morgan fingerprint density at radius 2 is 1.81 bits per heavy atom. The molecule has 6 N–H and O–H groups in total. The molecule has 8 bridgehead atoms. The van der Waals surface area contributed by atoms with Crippen LogP contribution < -0.4 is 14.8 Å². The summed E-state index contributed by atoms with van der Waals surface area (Å²) in [5.74, 6) is 4.28. The van der Waals surface area contributed by atoms with Gasteiger partial charge in [0.2, 0.25) is 0 Å². The molecule has 4 aromatic carbocycles. The van der Waals surface area contributed by atoms with E-state index >= 15 is 0 Å². The summed E-state index contributed by atoms with van der Waals surface area (Å²) in [7, 11) is 1.57. The molecule has 6 atom stereocenters. The summed E-state index contributed by atoms with van der Waals surface area (Å²) in [5, 5.41) is 59.2. The standard InChI is InChI=1S/C53H59NO9/c1-31-11-18-42-45-30-63-48-24-34(13-20-47(48)61-3)12-16-40(57)27-41(62-22-21-36-15-19-43(51(45)53(59)60)52-49(36)46(58)28-44(31)50(42)52)26-37-25-39(56)17-14-35(37)9-5-4-7-33-8-6-10-38(23-33)54-29-32(2)55/h6,8,10-11,13-14,17-18,20,23-25,28,31-32,35-37,41,53-56,58-60H,4-5,7,9,12,15-16,19,26-27,29-30H2,1-3H3/t31-,32+,35+,36+,37-,41+/m1/s1. The number of aliphatic hydroxyl groups excluding tert-OH is 3. The van der Waals surface area contributed by atoms with Crippen LogP contribution in [0.3, 0.4) is 0 Å². The number of allylic oxidation sites excluding steroid dienone is 4. The molecule has 9 rings (SSSR count). The Hall–Kier alpha value is -5.73. The monoisotopic (exact) mass is 853 g/mol. The van der Waals surface area contributed by atoms with Crippen LogP contribution in [-0.2, 0) is 35.4 Å². The fraction of sp³-hybridized carbons (Fsp3) is 0.415. The maximum atomic E-state index is 13.8. The summed E-state index contributed by atoms with van der Waals surface area (Å²) in [5.41, 5.74) is 7.31. The van der Waals surface area contributed by atoms with Crippen molar-refractivity contribution in [2.24, 2.45) is 11.8 Å². The number of phenols is 1. The topological polar surface area (TPSA) is 158 Å². The lowest BCUT2D eigenvalue weighted by atomic mass is 9.72. The predicted molar refractivity (Wildman–Crippen MR) is 245 cm³/mol. The zero-order chi connectivity index (χ0) is 44.2. The van der Waals surface area contributed by atoms with Gasteiger partial charge in [0.25, 0.3) is 0 Å². The number of carbonyl (C=O) groups is 1. The molecule has 3 aliphatic carbocycles. The second-order valence-corrected chi connectivity index (χ2v) is 17.7. The summed E-state index contributed by atoms with van der Waals surface area (Å²) >= 11 is 0. The average Bonchev–Trinajstić information content (AvgIpc) is 3.26. The van der Waals surface area contributed by atoms with Gasteiger partial charge in [0.1, 0.15) is 36.1 Å². The molecule has 0 saturated heterocycles. The highest BCUT2D eigenvalue weighted by molar-refractivity contribution is 6.04. The fourth-order valence-electron chi connectivity index (χ4n) is 10.0. The molecule has 0 spiro atoms. The van der Waals surface area contributed by atoms with E-state index < -0.39 is 24.4 Å². The van der Waals surface area contributed by atoms with E-state index in [2.05, 4.69) is 48.6 Å². The molecule has 0 unspecified atom stereocenters. The quantitative estimate of drug-likeness (QED) is 0.0461. The summed E-state index contributed by atoms with van der Waals surface area (Å²) in [6.07, 6.45) is 16.1. The number of benzene rings is 4. The first-order chi connectivity index (χ1) is 30.5. The lowest BCUT2D eigenvalue weighted by molar-refractivity contribution is -0.121. The van der Waals surface area contributed by atoms with Gasteiger partial charge in [-0.1, -0.05) is 55.7 Å². The van der Waals surface area contributed by atoms with Crippen LogP contribution in [0.5, 0.6) is 17.2 Å². The van der Waals surface area contributed by atoms with Crippen molar-refractivity contribution in [3.8, 4) is 29.3 Å². The predicted octanol–water partition coefficient (Wildman–Crippen LogP) is 9.37. The summed E-state index contributed by atoms with van der Waals surface area (Å²) in [6.45, 7) is 4.37. The van der Waals surface area contributed by atoms with Crippen LogP contribution in [0.1, 0.15) is 121 Å². The average molecular weight is 854 g/mol. The Morgan fingerprint density at radius 3 is 2.62 bits per heavy atom. The van der Waals surface area contributed by atoms with Gasteiger partial charge < -0.3 is 45.1 Å². The lowest BCUT2D eigenvalue weighted by Crippen LogP contribution is -2.24. The first-order valence-corrected chi connectivity index (χ1v) is 22.5. The van der Waals surface area contributed by atoms with Crippen LogP contribution in [0.2, 0.25) is 0 Å². The molecular weight excluding hydrogens is 795 g/mol. The minimum absolute atomic E-state index is 0.00363. The van der Waals surface area contributed by atoms with E-state index in [4.69, 9.17) is 14.2 Å². The number of unbranched alkanes of at least 4 members (excludes halogenated alkanes) is 1. The minimum Gasteiger partial charge on any atom is -0.508 e. The van der Waals surface area contributed by atoms with Crippen molar-refractivity contribution >= 4 is 28.3 Å². The van der Waals surface area contributed by atoms with Gasteiger partial charge >= 0.3 is 0 Å². The van der Waals surface area contributed by atoms with Crippen molar-refractivity contribution in [3.63, 3.8) is 0 Å². The first kappa shape index (κ1) is 43.9. The fourth-order valence-corrected chi connectivity index (χ4v) is 10.0. The second kappa shape index (κ2) is 19.3. The van der Waals surface area contributed by atoms with Crippen LogP contribution in [0.4, 0.5) is 5.69 Å². The number of methoxy groups -OCH3 is 1. The third-order valence-corrected chi connectivity index (χ3v) is 13.2. The number of ether oxygens (including phenoxy) is 3. The highest BCUT2D eigenvalue weighted by Crippen LogP contribution is 2.51. The molecule has 2 aliphatic heterocycles. The van der Waals surface area contributed by atoms with E-state index in [1.807, 2.05) is 48.6 Å². The van der Waals surface area contributed by atoms with Crippen molar-refractivity contribution in [2.45, 2.75) is 115 Å². The van der Waals surface area contributed by atoms with Crippen molar-refractivity contribution in [2.75, 3.05) is 19.0 Å². The Labute approximate surface area is 369 Å². The van der Waals surface area contributed by atoms with Gasteiger partial charge in [0, 0.05) is 47.7 Å². The number of nitrogens with one attached hydrogen (secondary N) is 1. The molecule has 10 heteroatoms. The number of ketones is 1. The largest absolute Gasteiger partial charge is 0.508 e. The van der Waals surface area contributed by atoms with Gasteiger partial charge in [0.15, 0.2) is 17.8 Å². The zero-order valence-corrected chi connectivity index (χ0v) is 36.4. The molecule has 4 aromatic rings. The number of Topliss-reactive ketones (excluding diaryl/α,β-unsaturated/α-hetero) is 1. The first-order valence-electron chi connectivity index (χ1n) is 22.5. The number of anilines is 1. The van der Waals surface area contributed by atoms with E-state index in [1.165, 1.54) is 5.56 Å². The molecule has 63 heavy (non-hydrogen) atoms. The van der Waals surface area contributed by atoms with Gasteiger partial charge in [-0.05, 0) is 145 Å². The maximum absolute atomic E-state index is 13.8. The number of hydrogen-bond acceptors (Lipinski definition) is 10. The van der Waals surface area contributed by atoms with E-state index in [0.29, 0.717) is 60.4 Å². The number of aliphatic hydroxyl groups is 4. The van der Waals surface area contributed by atoms with Crippen LogP contribution in [0.25, 0.3) is 16.8 Å². The Balaban J connectivity index is 1.10. The van der Waals surface area contributed by atoms with Crippen LogP contribution in [0, 0.1) is 23.9 Å². The summed E-state index contributed by atoms with van der Waals surface area (Å²) in [4.78, 5) is 13.8. The number of aryl methyl sites for hydroxylation is 3. The SMILES string of the molecule is COc1ccc2cc1OCc1c(C(O)O)c3c4c(c(O)cc5c4c1C=C[C@H]5C)[C@H](C#CO[C@@H](C[C@H]1C=C(O)C=C[C@@H]1CCCCc1cccc(NC[C@H](C)O)c1)CC(=O)CC2)CC3. The molecule has 0 saturated carbocycles. The lowest BCUT2D eigenvalue weighted by Gasteiger charge is -2.32. The van der Waals surface area contributed by atoms with E-state index in [1.54, 1.807) is 20.1 Å². The molecule has 0 amide bonds. The zero-order valence-electron chi connectivity index (χ0n) is 36.4. The number of phenolic OH excluding ortho intramolecular Hbond substituents is 1. The van der Waals surface area contributed by atoms with Gasteiger partial charge in [-0.2, -0.15) is 0 Å². The Bertz CT molecular complexity index is 2510. The molecule has 330 valence electrons. The van der Waals surface area contributed by atoms with Gasteiger partial charge in [0.05, 0.1) is 19.1 Å². The number of fused-ring (bicyclic) bond motifs is 7. The van der Waals surface area contributed by atoms with Gasteiger partial charge in [-0.25, -0.2) is 0 Å². The maximum Gasteiger partial charge on any atom is 0.179 e. The smallest absolute Gasteiger partial charge is 0.179 e. The Morgan fingerprint density at radius 1 is 0.952 bits per heavy atom.